The van der Waals surface area contributed by atoms with Crippen LogP contribution in [0.25, 0.3) is 11.0 Å². The fourth-order valence-electron chi connectivity index (χ4n) is 7.92. The maximum Gasteiger partial charge on any atom is 0.231 e. The van der Waals surface area contributed by atoms with Gasteiger partial charge in [-0.05, 0) is 81.8 Å². The molecular weight excluding hydrogens is 452 g/mol. The van der Waals surface area contributed by atoms with Gasteiger partial charge in [0.1, 0.15) is 17.7 Å². The fraction of sp³-hybridized carbons (Fsp3) is 0.517. The van der Waals surface area contributed by atoms with Crippen LogP contribution in [0.5, 0.6) is 0 Å². The van der Waals surface area contributed by atoms with Crippen LogP contribution < -0.4 is 10.7 Å². The SMILES string of the molecule is Cc1ccc2occ(CN3CCc4c(ncnc4NC(=O)C45CC6CC(CC(C6)C4)C5)C3)c(=O)c2c1. The Hall–Kier alpha value is -3.06. The lowest BCUT2D eigenvalue weighted by Gasteiger charge is -2.55. The molecule has 1 amide bonds. The van der Waals surface area contributed by atoms with Crippen molar-refractivity contribution >= 4 is 22.7 Å². The minimum Gasteiger partial charge on any atom is -0.464 e. The molecule has 0 atom stereocenters. The van der Waals surface area contributed by atoms with E-state index in [0.29, 0.717) is 35.4 Å². The lowest BCUT2D eigenvalue weighted by Crippen LogP contribution is -2.52. The van der Waals surface area contributed by atoms with E-state index in [9.17, 15) is 9.59 Å². The molecule has 3 aromatic rings. The van der Waals surface area contributed by atoms with Crippen molar-refractivity contribution in [2.75, 3.05) is 11.9 Å². The van der Waals surface area contributed by atoms with Gasteiger partial charge >= 0.3 is 0 Å². The molecule has 4 aliphatic carbocycles. The van der Waals surface area contributed by atoms with Crippen LogP contribution in [0.15, 0.2) is 40.0 Å². The van der Waals surface area contributed by atoms with E-state index in [0.717, 1.165) is 66.8 Å². The van der Waals surface area contributed by atoms with Gasteiger partial charge in [-0.25, -0.2) is 9.97 Å². The Balaban J connectivity index is 1.09. The summed E-state index contributed by atoms with van der Waals surface area (Å²) in [7, 11) is 0. The van der Waals surface area contributed by atoms with E-state index in [4.69, 9.17) is 4.42 Å². The summed E-state index contributed by atoms with van der Waals surface area (Å²) in [5, 5.41) is 3.88. The molecule has 4 fully saturated rings. The fourth-order valence-corrected chi connectivity index (χ4v) is 7.92. The molecule has 4 bridgehead atoms. The molecule has 7 nitrogen and oxygen atoms in total. The normalized spacial score (nSPS) is 28.9. The Morgan fingerprint density at radius 1 is 1.14 bits per heavy atom. The standard InChI is InChI=1S/C29H32N4O3/c1-17-2-3-25-23(6-17)26(34)21(15-36-25)13-33-5-4-22-24(14-33)30-16-31-27(22)32-28(35)29-10-18-7-19(11-29)9-20(8-18)12-29/h2-3,6,15-16,18-20H,4-5,7-14H2,1H3,(H,30,31,32,35). The summed E-state index contributed by atoms with van der Waals surface area (Å²) in [6.45, 7) is 3.87. The molecule has 1 aliphatic heterocycles. The van der Waals surface area contributed by atoms with Gasteiger partial charge in [0.05, 0.1) is 22.8 Å². The van der Waals surface area contributed by atoms with Crippen LogP contribution in [-0.4, -0.2) is 27.3 Å². The number of amides is 1. The third-order valence-corrected chi connectivity index (χ3v) is 9.23. The lowest BCUT2D eigenvalue weighted by molar-refractivity contribution is -0.140. The number of carbonyl (C=O) groups is 1. The third kappa shape index (κ3) is 3.67. The van der Waals surface area contributed by atoms with Gasteiger partial charge in [0.25, 0.3) is 0 Å². The predicted molar refractivity (Wildman–Crippen MR) is 136 cm³/mol. The zero-order valence-corrected chi connectivity index (χ0v) is 20.8. The first kappa shape index (κ1) is 22.2. The van der Waals surface area contributed by atoms with Crippen molar-refractivity contribution < 1.29 is 9.21 Å². The number of aromatic nitrogens is 2. The molecule has 0 radical (unpaired) electrons. The first-order valence-electron chi connectivity index (χ1n) is 13.3. The molecule has 7 heteroatoms. The molecule has 3 heterocycles. The molecule has 8 rings (SSSR count). The first-order valence-corrected chi connectivity index (χ1v) is 13.3. The topological polar surface area (TPSA) is 88.3 Å². The number of nitrogens with zero attached hydrogens (tertiary/aromatic N) is 3. The second kappa shape index (κ2) is 8.23. The Labute approximate surface area is 210 Å². The van der Waals surface area contributed by atoms with Crippen LogP contribution in [0.3, 0.4) is 0 Å². The monoisotopic (exact) mass is 484 g/mol. The van der Waals surface area contributed by atoms with Crippen LogP contribution >= 0.6 is 0 Å². The summed E-state index contributed by atoms with van der Waals surface area (Å²) >= 11 is 0. The third-order valence-electron chi connectivity index (χ3n) is 9.23. The van der Waals surface area contributed by atoms with Gasteiger partial charge in [-0.2, -0.15) is 0 Å². The Kier molecular flexibility index (Phi) is 5.07. The highest BCUT2D eigenvalue weighted by molar-refractivity contribution is 5.95. The van der Waals surface area contributed by atoms with Crippen molar-refractivity contribution in [3.63, 3.8) is 0 Å². The molecular formula is C29H32N4O3. The van der Waals surface area contributed by atoms with E-state index >= 15 is 0 Å². The second-order valence-corrected chi connectivity index (χ2v) is 11.8. The molecule has 186 valence electrons. The summed E-state index contributed by atoms with van der Waals surface area (Å²) < 4.78 is 5.75. The Bertz CT molecular complexity index is 1390. The molecule has 36 heavy (non-hydrogen) atoms. The Morgan fingerprint density at radius 2 is 1.89 bits per heavy atom. The molecule has 2 aromatic heterocycles. The predicted octanol–water partition coefficient (Wildman–Crippen LogP) is 4.60. The number of carbonyl (C=O) groups excluding carboxylic acids is 1. The number of anilines is 1. The van der Waals surface area contributed by atoms with Crippen LogP contribution in [0.1, 0.15) is 60.9 Å². The second-order valence-electron chi connectivity index (χ2n) is 11.8. The number of nitrogens with one attached hydrogen (secondary N) is 1. The summed E-state index contributed by atoms with van der Waals surface area (Å²) in [5.74, 6) is 3.04. The highest BCUT2D eigenvalue weighted by Crippen LogP contribution is 2.60. The first-order chi connectivity index (χ1) is 17.5. The minimum atomic E-state index is -0.199. The van der Waals surface area contributed by atoms with E-state index in [1.165, 1.54) is 19.3 Å². The van der Waals surface area contributed by atoms with Gasteiger partial charge in [-0.1, -0.05) is 11.6 Å². The smallest absolute Gasteiger partial charge is 0.231 e. The van der Waals surface area contributed by atoms with Gasteiger partial charge < -0.3 is 9.73 Å². The number of hydrogen-bond donors (Lipinski definition) is 1. The van der Waals surface area contributed by atoms with Gasteiger partial charge in [0.2, 0.25) is 5.91 Å². The summed E-state index contributed by atoms with van der Waals surface area (Å²) in [6.07, 6.45) is 11.0. The number of fused-ring (bicyclic) bond motifs is 2. The van der Waals surface area contributed by atoms with Gasteiger partial charge in [0.15, 0.2) is 5.43 Å². The number of rotatable bonds is 4. The highest BCUT2D eigenvalue weighted by Gasteiger charge is 2.54. The molecule has 0 unspecified atom stereocenters. The van der Waals surface area contributed by atoms with Crippen LogP contribution in [0, 0.1) is 30.1 Å². The summed E-state index contributed by atoms with van der Waals surface area (Å²) in [6, 6.07) is 5.69. The van der Waals surface area contributed by atoms with Crippen molar-refractivity contribution in [1.29, 1.82) is 0 Å². The molecule has 0 spiro atoms. The molecule has 5 aliphatic rings. The van der Waals surface area contributed by atoms with E-state index in [2.05, 4.69) is 20.2 Å². The summed E-state index contributed by atoms with van der Waals surface area (Å²) in [4.78, 5) is 37.9. The van der Waals surface area contributed by atoms with Crippen LogP contribution in [0.4, 0.5) is 5.82 Å². The average Bonchev–Trinajstić information content (AvgIpc) is 2.85. The maximum atomic E-state index is 13.6. The molecule has 0 saturated heterocycles. The molecule has 1 aromatic carbocycles. The number of aryl methyl sites for hydroxylation is 1. The number of hydrogen-bond acceptors (Lipinski definition) is 6. The maximum absolute atomic E-state index is 13.6. The van der Waals surface area contributed by atoms with Crippen LogP contribution in [0.2, 0.25) is 0 Å². The van der Waals surface area contributed by atoms with Gasteiger partial charge in [-0.15, -0.1) is 0 Å². The van der Waals surface area contributed by atoms with E-state index < -0.39 is 0 Å². The quantitative estimate of drug-likeness (QED) is 0.582. The van der Waals surface area contributed by atoms with E-state index in [1.54, 1.807) is 12.6 Å². The van der Waals surface area contributed by atoms with E-state index in [1.807, 2.05) is 25.1 Å². The zero-order valence-electron chi connectivity index (χ0n) is 20.8. The van der Waals surface area contributed by atoms with Crippen molar-refractivity contribution in [3.05, 3.63) is 63.4 Å². The van der Waals surface area contributed by atoms with Crippen molar-refractivity contribution in [3.8, 4) is 0 Å². The highest BCUT2D eigenvalue weighted by atomic mass is 16.3. The van der Waals surface area contributed by atoms with Gasteiger partial charge in [0, 0.05) is 30.8 Å². The lowest BCUT2D eigenvalue weighted by atomic mass is 9.49. The van der Waals surface area contributed by atoms with E-state index in [-0.39, 0.29) is 16.8 Å². The minimum absolute atomic E-state index is 0.0250. The Morgan fingerprint density at radius 3 is 2.64 bits per heavy atom. The van der Waals surface area contributed by atoms with Crippen molar-refractivity contribution in [2.45, 2.75) is 65.0 Å². The zero-order chi connectivity index (χ0) is 24.4. The summed E-state index contributed by atoms with van der Waals surface area (Å²) in [5.41, 5.74) is 4.10. The average molecular weight is 485 g/mol. The molecule has 1 N–H and O–H groups in total. The largest absolute Gasteiger partial charge is 0.464 e. The van der Waals surface area contributed by atoms with Crippen molar-refractivity contribution in [1.82, 2.24) is 14.9 Å². The van der Waals surface area contributed by atoms with Crippen molar-refractivity contribution in [2.24, 2.45) is 23.2 Å². The van der Waals surface area contributed by atoms with Gasteiger partial charge in [-0.3, -0.25) is 14.5 Å². The number of benzene rings is 1. The molecule has 4 saturated carbocycles. The van der Waals surface area contributed by atoms with Crippen LogP contribution in [-0.2, 0) is 24.3 Å².